The molecule has 0 amide bonds. The Morgan fingerprint density at radius 3 is 2.57 bits per heavy atom. The molecule has 114 valence electrons. The highest BCUT2D eigenvalue weighted by Gasteiger charge is 2.17. The van der Waals surface area contributed by atoms with Gasteiger partial charge in [0.1, 0.15) is 4.21 Å². The number of rotatable bonds is 6. The van der Waals surface area contributed by atoms with E-state index in [1.54, 1.807) is 30.3 Å². The molecule has 2 aromatic rings. The first-order valence-electron chi connectivity index (χ1n) is 6.05. The second-order valence-electron chi connectivity index (χ2n) is 3.96. The average Bonchev–Trinajstić information content (AvgIpc) is 2.87. The van der Waals surface area contributed by atoms with E-state index in [-0.39, 0.29) is 4.21 Å². The molecule has 5 nitrogen and oxygen atoms in total. The molecule has 8 heteroatoms. The number of thiophene rings is 1. The summed E-state index contributed by atoms with van der Waals surface area (Å²) >= 11 is 4.40. The molecular weight excluding hydrogens is 378 g/mol. The predicted octanol–water partition coefficient (Wildman–Crippen LogP) is 3.72. The molecule has 1 aromatic heterocycles. The third-order valence-corrected chi connectivity index (χ3v) is 6.03. The Hall–Kier alpha value is -1.25. The maximum Gasteiger partial charge on any atom is 0.271 e. The monoisotopic (exact) mass is 391 g/mol. The van der Waals surface area contributed by atoms with Gasteiger partial charge in [-0.3, -0.25) is 4.72 Å². The van der Waals surface area contributed by atoms with Gasteiger partial charge in [0.15, 0.2) is 11.5 Å². The Bertz CT molecular complexity index is 728. The van der Waals surface area contributed by atoms with Crippen LogP contribution in [0.2, 0.25) is 0 Å². The van der Waals surface area contributed by atoms with Crippen LogP contribution in [0.4, 0.5) is 5.69 Å². The van der Waals surface area contributed by atoms with Gasteiger partial charge < -0.3 is 9.47 Å². The van der Waals surface area contributed by atoms with Crippen molar-refractivity contribution in [2.45, 2.75) is 11.1 Å². The van der Waals surface area contributed by atoms with Crippen molar-refractivity contribution >= 4 is 43.0 Å². The molecule has 0 saturated carbocycles. The van der Waals surface area contributed by atoms with Gasteiger partial charge in [-0.25, -0.2) is 8.42 Å². The van der Waals surface area contributed by atoms with Crippen LogP contribution in [0.5, 0.6) is 11.5 Å². The first kappa shape index (κ1) is 16.1. The standard InChI is InChI=1S/C13H14BrNO4S2/c1-3-19-11-8-9(4-5-10(11)18-2)15-21(16,17)13-7-6-12(14)20-13/h4-8,15H,3H2,1-2H3. The Labute approximate surface area is 136 Å². The Morgan fingerprint density at radius 2 is 2.00 bits per heavy atom. The van der Waals surface area contributed by atoms with Crippen LogP contribution < -0.4 is 14.2 Å². The lowest BCUT2D eigenvalue weighted by Crippen LogP contribution is -2.11. The molecule has 1 N–H and O–H groups in total. The molecule has 0 radical (unpaired) electrons. The predicted molar refractivity (Wildman–Crippen MR) is 87.0 cm³/mol. The fraction of sp³-hybridized carbons (Fsp3) is 0.231. The van der Waals surface area contributed by atoms with Crippen molar-refractivity contribution < 1.29 is 17.9 Å². The highest BCUT2D eigenvalue weighted by Crippen LogP contribution is 2.32. The summed E-state index contributed by atoms with van der Waals surface area (Å²) in [6.07, 6.45) is 0. The number of hydrogen-bond acceptors (Lipinski definition) is 5. The van der Waals surface area contributed by atoms with Gasteiger partial charge in [-0.2, -0.15) is 0 Å². The molecule has 0 aliphatic rings. The minimum absolute atomic E-state index is 0.239. The van der Waals surface area contributed by atoms with E-state index in [4.69, 9.17) is 9.47 Å². The van der Waals surface area contributed by atoms with E-state index in [2.05, 4.69) is 20.7 Å². The molecule has 0 bridgehead atoms. The third-order valence-electron chi connectivity index (χ3n) is 2.53. The van der Waals surface area contributed by atoms with Crippen LogP contribution in [0.1, 0.15) is 6.92 Å². The summed E-state index contributed by atoms with van der Waals surface area (Å²) in [6, 6.07) is 8.13. The summed E-state index contributed by atoms with van der Waals surface area (Å²) in [5, 5.41) is 0. The van der Waals surface area contributed by atoms with Crippen molar-refractivity contribution in [3.63, 3.8) is 0 Å². The van der Waals surface area contributed by atoms with Gasteiger partial charge in [0.2, 0.25) is 0 Å². The van der Waals surface area contributed by atoms with Gasteiger partial charge in [0.25, 0.3) is 10.0 Å². The van der Waals surface area contributed by atoms with Gasteiger partial charge >= 0.3 is 0 Å². The summed E-state index contributed by atoms with van der Waals surface area (Å²) in [6.45, 7) is 2.31. The van der Waals surface area contributed by atoms with E-state index < -0.39 is 10.0 Å². The normalized spacial score (nSPS) is 11.2. The second-order valence-corrected chi connectivity index (χ2v) is 8.33. The second kappa shape index (κ2) is 6.67. The van der Waals surface area contributed by atoms with Gasteiger partial charge in [-0.05, 0) is 47.1 Å². The first-order chi connectivity index (χ1) is 9.96. The van der Waals surface area contributed by atoms with Crippen molar-refractivity contribution in [3.05, 3.63) is 34.1 Å². The molecule has 0 saturated heterocycles. The Kier molecular flexibility index (Phi) is 5.13. The minimum atomic E-state index is -3.60. The number of benzene rings is 1. The highest BCUT2D eigenvalue weighted by atomic mass is 79.9. The molecule has 0 spiro atoms. The molecular formula is C13H14BrNO4S2. The van der Waals surface area contributed by atoms with Crippen LogP contribution >= 0.6 is 27.3 Å². The molecule has 0 atom stereocenters. The number of methoxy groups -OCH3 is 1. The minimum Gasteiger partial charge on any atom is -0.493 e. The van der Waals surface area contributed by atoms with Crippen molar-refractivity contribution in [2.24, 2.45) is 0 Å². The topological polar surface area (TPSA) is 64.6 Å². The summed E-state index contributed by atoms with van der Waals surface area (Å²) < 4.78 is 38.6. The van der Waals surface area contributed by atoms with E-state index in [1.807, 2.05) is 6.92 Å². The van der Waals surface area contributed by atoms with Crippen LogP contribution in [-0.2, 0) is 10.0 Å². The maximum absolute atomic E-state index is 12.2. The Balaban J connectivity index is 2.29. The van der Waals surface area contributed by atoms with Gasteiger partial charge in [0.05, 0.1) is 23.2 Å². The van der Waals surface area contributed by atoms with Crippen LogP contribution in [0.25, 0.3) is 0 Å². The zero-order valence-electron chi connectivity index (χ0n) is 11.4. The van der Waals surface area contributed by atoms with Crippen molar-refractivity contribution in [1.82, 2.24) is 0 Å². The van der Waals surface area contributed by atoms with Crippen molar-refractivity contribution in [1.29, 1.82) is 0 Å². The first-order valence-corrected chi connectivity index (χ1v) is 9.14. The number of halogens is 1. The molecule has 21 heavy (non-hydrogen) atoms. The number of sulfonamides is 1. The summed E-state index contributed by atoms with van der Waals surface area (Å²) in [4.78, 5) is 0. The fourth-order valence-electron chi connectivity index (χ4n) is 1.66. The van der Waals surface area contributed by atoms with Crippen LogP contribution in [-0.4, -0.2) is 22.1 Å². The Morgan fingerprint density at radius 1 is 1.24 bits per heavy atom. The maximum atomic E-state index is 12.2. The molecule has 2 rings (SSSR count). The van der Waals surface area contributed by atoms with Crippen molar-refractivity contribution in [2.75, 3.05) is 18.4 Å². The van der Waals surface area contributed by atoms with Crippen LogP contribution in [0.15, 0.2) is 38.3 Å². The van der Waals surface area contributed by atoms with E-state index in [1.165, 1.54) is 7.11 Å². The van der Waals surface area contributed by atoms with E-state index in [0.29, 0.717) is 23.8 Å². The number of ether oxygens (including phenoxy) is 2. The zero-order valence-corrected chi connectivity index (χ0v) is 14.6. The molecule has 1 heterocycles. The van der Waals surface area contributed by atoms with E-state index in [0.717, 1.165) is 15.1 Å². The lowest BCUT2D eigenvalue weighted by molar-refractivity contribution is 0.311. The van der Waals surface area contributed by atoms with Crippen molar-refractivity contribution in [3.8, 4) is 11.5 Å². The molecule has 1 aromatic carbocycles. The number of hydrogen-bond donors (Lipinski definition) is 1. The largest absolute Gasteiger partial charge is 0.493 e. The lowest BCUT2D eigenvalue weighted by atomic mass is 10.3. The summed E-state index contributed by atoms with van der Waals surface area (Å²) in [5.41, 5.74) is 0.420. The number of anilines is 1. The lowest BCUT2D eigenvalue weighted by Gasteiger charge is -2.12. The van der Waals surface area contributed by atoms with Crippen LogP contribution in [0, 0.1) is 0 Å². The quantitative estimate of drug-likeness (QED) is 0.814. The van der Waals surface area contributed by atoms with E-state index in [9.17, 15) is 8.42 Å². The number of nitrogens with one attached hydrogen (secondary N) is 1. The van der Waals surface area contributed by atoms with Crippen LogP contribution in [0.3, 0.4) is 0 Å². The van der Waals surface area contributed by atoms with Gasteiger partial charge in [-0.1, -0.05) is 0 Å². The third kappa shape index (κ3) is 3.90. The molecule has 0 aliphatic carbocycles. The summed E-state index contributed by atoms with van der Waals surface area (Å²) in [7, 11) is -2.07. The van der Waals surface area contributed by atoms with E-state index >= 15 is 0 Å². The zero-order chi connectivity index (χ0) is 15.5. The van der Waals surface area contributed by atoms with Gasteiger partial charge in [-0.15, -0.1) is 11.3 Å². The molecule has 0 aliphatic heterocycles. The smallest absolute Gasteiger partial charge is 0.271 e. The molecule has 0 fully saturated rings. The molecule has 0 unspecified atom stereocenters. The highest BCUT2D eigenvalue weighted by molar-refractivity contribution is 9.11. The van der Waals surface area contributed by atoms with Gasteiger partial charge in [0, 0.05) is 6.07 Å². The SMILES string of the molecule is CCOc1cc(NS(=O)(=O)c2ccc(Br)s2)ccc1OC. The average molecular weight is 392 g/mol. The fourth-order valence-corrected chi connectivity index (χ4v) is 4.72. The summed E-state index contributed by atoms with van der Waals surface area (Å²) in [5.74, 6) is 1.05.